The fourth-order valence-electron chi connectivity index (χ4n) is 1.43. The van der Waals surface area contributed by atoms with Crippen LogP contribution in [0.5, 0.6) is 0 Å². The second-order valence-corrected chi connectivity index (χ2v) is 4.51. The molecule has 0 aliphatic rings. The number of benzene rings is 1. The van der Waals surface area contributed by atoms with Gasteiger partial charge in [-0.15, -0.1) is 0 Å². The van der Waals surface area contributed by atoms with Gasteiger partial charge in [0.05, 0.1) is 0 Å². The van der Waals surface area contributed by atoms with Gasteiger partial charge in [0.1, 0.15) is 11.9 Å². The Morgan fingerprint density at radius 3 is 2.53 bits per heavy atom. The van der Waals surface area contributed by atoms with Gasteiger partial charge in [-0.1, -0.05) is 22.9 Å². The Kier molecular flexibility index (Phi) is 4.94. The summed E-state index contributed by atoms with van der Waals surface area (Å²) in [5.41, 5.74) is -0.389. The van der Waals surface area contributed by atoms with E-state index in [0.717, 1.165) is 12.1 Å². The van der Waals surface area contributed by atoms with Crippen molar-refractivity contribution in [3.63, 3.8) is 0 Å². The van der Waals surface area contributed by atoms with E-state index in [2.05, 4.69) is 21.2 Å². The fourth-order valence-corrected chi connectivity index (χ4v) is 1.81. The Morgan fingerprint density at radius 1 is 1.35 bits per heavy atom. The predicted octanol–water partition coefficient (Wildman–Crippen LogP) is 4.19. The first-order valence-electron chi connectivity index (χ1n) is 5.11. The lowest BCUT2D eigenvalue weighted by Crippen LogP contribution is -2.35. The average molecular weight is 314 g/mol. The van der Waals surface area contributed by atoms with Crippen LogP contribution in [0.2, 0.25) is 0 Å². The van der Waals surface area contributed by atoms with Gasteiger partial charge in [0.25, 0.3) is 0 Å². The maximum absolute atomic E-state index is 13.4. The minimum atomic E-state index is -4.52. The molecule has 0 aliphatic heterocycles. The van der Waals surface area contributed by atoms with E-state index >= 15 is 0 Å². The van der Waals surface area contributed by atoms with Crippen LogP contribution in [-0.4, -0.2) is 12.7 Å². The summed E-state index contributed by atoms with van der Waals surface area (Å²) in [6.07, 6.45) is -3.97. The number of halogens is 5. The van der Waals surface area contributed by atoms with Crippen molar-refractivity contribution in [2.24, 2.45) is 0 Å². The highest BCUT2D eigenvalue weighted by Crippen LogP contribution is 2.35. The molecule has 0 bridgehead atoms. The first-order valence-corrected chi connectivity index (χ1v) is 5.90. The lowest BCUT2D eigenvalue weighted by Gasteiger charge is -2.22. The van der Waals surface area contributed by atoms with Gasteiger partial charge in [0.2, 0.25) is 0 Å². The average Bonchev–Trinajstić information content (AvgIpc) is 2.21. The van der Waals surface area contributed by atoms with Crippen LogP contribution in [0, 0.1) is 5.82 Å². The number of rotatable bonds is 4. The molecule has 6 heteroatoms. The largest absolute Gasteiger partial charge is 0.408 e. The monoisotopic (exact) mass is 313 g/mol. The maximum Gasteiger partial charge on any atom is 0.408 e. The predicted molar refractivity (Wildman–Crippen MR) is 61.2 cm³/mol. The first-order chi connectivity index (χ1) is 7.86. The summed E-state index contributed by atoms with van der Waals surface area (Å²) < 4.78 is 52.2. The van der Waals surface area contributed by atoms with Crippen molar-refractivity contribution in [3.8, 4) is 0 Å². The highest BCUT2D eigenvalue weighted by Gasteiger charge is 2.41. The van der Waals surface area contributed by atoms with Crippen molar-refractivity contribution in [1.82, 2.24) is 5.32 Å². The van der Waals surface area contributed by atoms with Gasteiger partial charge in [-0.3, -0.25) is 0 Å². The Bertz CT molecular complexity index is 378. The summed E-state index contributed by atoms with van der Waals surface area (Å²) in [6.45, 7) is 1.92. The van der Waals surface area contributed by atoms with Crippen molar-refractivity contribution < 1.29 is 17.6 Å². The highest BCUT2D eigenvalue weighted by molar-refractivity contribution is 9.10. The molecular weight excluding hydrogens is 302 g/mol. The first kappa shape index (κ1) is 14.4. The number of nitrogens with one attached hydrogen (secondary N) is 1. The van der Waals surface area contributed by atoms with Crippen LogP contribution in [-0.2, 0) is 0 Å². The van der Waals surface area contributed by atoms with Gasteiger partial charge in [-0.25, -0.2) is 4.39 Å². The molecule has 1 aromatic carbocycles. The van der Waals surface area contributed by atoms with Crippen LogP contribution in [0.25, 0.3) is 0 Å². The topological polar surface area (TPSA) is 12.0 Å². The molecule has 0 radical (unpaired) electrons. The molecule has 0 aliphatic carbocycles. The maximum atomic E-state index is 13.4. The van der Waals surface area contributed by atoms with Gasteiger partial charge in [0, 0.05) is 10.0 Å². The molecule has 0 fully saturated rings. The summed E-state index contributed by atoms with van der Waals surface area (Å²) in [5, 5.41) is 2.31. The molecule has 1 unspecified atom stereocenters. The van der Waals surface area contributed by atoms with Gasteiger partial charge in [0.15, 0.2) is 0 Å². The molecule has 0 heterocycles. The summed E-state index contributed by atoms with van der Waals surface area (Å²) in [4.78, 5) is 0. The third kappa shape index (κ3) is 3.96. The molecule has 17 heavy (non-hydrogen) atoms. The van der Waals surface area contributed by atoms with E-state index in [1.54, 1.807) is 6.92 Å². The van der Waals surface area contributed by atoms with Crippen molar-refractivity contribution in [3.05, 3.63) is 34.1 Å². The molecule has 1 aromatic rings. The molecule has 0 saturated heterocycles. The minimum absolute atomic E-state index is 0.177. The van der Waals surface area contributed by atoms with Crippen LogP contribution in [0.3, 0.4) is 0 Å². The lowest BCUT2D eigenvalue weighted by molar-refractivity contribution is -0.158. The van der Waals surface area contributed by atoms with Gasteiger partial charge >= 0.3 is 6.18 Å². The van der Waals surface area contributed by atoms with E-state index < -0.39 is 18.0 Å². The molecule has 96 valence electrons. The summed E-state index contributed by atoms with van der Waals surface area (Å²) in [7, 11) is 0. The van der Waals surface area contributed by atoms with E-state index in [9.17, 15) is 17.6 Å². The normalized spacial score (nSPS) is 13.8. The zero-order valence-corrected chi connectivity index (χ0v) is 10.7. The molecule has 1 nitrogen and oxygen atoms in total. The smallest absolute Gasteiger partial charge is 0.302 e. The molecule has 0 saturated carbocycles. The Balaban J connectivity index is 3.08. The van der Waals surface area contributed by atoms with E-state index in [0.29, 0.717) is 10.9 Å². The third-order valence-corrected chi connectivity index (χ3v) is 2.69. The van der Waals surface area contributed by atoms with Crippen LogP contribution in [0.1, 0.15) is 24.9 Å². The molecule has 0 aromatic heterocycles. The number of hydrogen-bond donors (Lipinski definition) is 1. The van der Waals surface area contributed by atoms with Crippen LogP contribution >= 0.6 is 15.9 Å². The molecule has 0 amide bonds. The summed E-state index contributed by atoms with van der Waals surface area (Å²) in [6, 6.07) is 1.56. The summed E-state index contributed by atoms with van der Waals surface area (Å²) in [5.74, 6) is -0.862. The van der Waals surface area contributed by atoms with Crippen molar-refractivity contribution in [1.29, 1.82) is 0 Å². The molecular formula is C11H12BrF4N. The molecule has 0 spiro atoms. The third-order valence-electron chi connectivity index (χ3n) is 2.19. The Hall–Kier alpha value is -0.620. The number of alkyl halides is 3. The SMILES string of the molecule is CCCNC(c1cc(Br)ccc1F)C(F)(F)F. The zero-order valence-electron chi connectivity index (χ0n) is 9.11. The summed E-state index contributed by atoms with van der Waals surface area (Å²) >= 11 is 3.04. The van der Waals surface area contributed by atoms with Gasteiger partial charge < -0.3 is 5.32 Å². The molecule has 1 atom stereocenters. The zero-order chi connectivity index (χ0) is 13.1. The van der Waals surface area contributed by atoms with Crippen molar-refractivity contribution in [2.45, 2.75) is 25.6 Å². The van der Waals surface area contributed by atoms with E-state index in [-0.39, 0.29) is 12.1 Å². The van der Waals surface area contributed by atoms with Gasteiger partial charge in [-0.05, 0) is 31.2 Å². The standard InChI is InChI=1S/C11H12BrF4N/c1-2-5-17-10(11(14,15)16)8-6-7(12)3-4-9(8)13/h3-4,6,10,17H,2,5H2,1H3. The quantitative estimate of drug-likeness (QED) is 0.822. The van der Waals surface area contributed by atoms with E-state index in [1.807, 2.05) is 0 Å². The lowest BCUT2D eigenvalue weighted by atomic mass is 10.1. The second kappa shape index (κ2) is 5.82. The van der Waals surface area contributed by atoms with Crippen LogP contribution in [0.4, 0.5) is 17.6 Å². The van der Waals surface area contributed by atoms with E-state index in [4.69, 9.17) is 0 Å². The Labute approximate surface area is 105 Å². The number of hydrogen-bond acceptors (Lipinski definition) is 1. The highest BCUT2D eigenvalue weighted by atomic mass is 79.9. The van der Waals surface area contributed by atoms with E-state index in [1.165, 1.54) is 6.07 Å². The second-order valence-electron chi connectivity index (χ2n) is 3.59. The van der Waals surface area contributed by atoms with Crippen molar-refractivity contribution in [2.75, 3.05) is 6.54 Å². The van der Waals surface area contributed by atoms with Crippen LogP contribution in [0.15, 0.2) is 22.7 Å². The van der Waals surface area contributed by atoms with Gasteiger partial charge in [-0.2, -0.15) is 13.2 Å². The fraction of sp³-hybridized carbons (Fsp3) is 0.455. The molecule has 1 N–H and O–H groups in total. The van der Waals surface area contributed by atoms with Crippen molar-refractivity contribution >= 4 is 15.9 Å². The Morgan fingerprint density at radius 2 is 2.00 bits per heavy atom. The molecule has 1 rings (SSSR count). The van der Waals surface area contributed by atoms with Crippen LogP contribution < -0.4 is 5.32 Å². The minimum Gasteiger partial charge on any atom is -0.302 e.